The van der Waals surface area contributed by atoms with Gasteiger partial charge >= 0.3 is 5.97 Å². The van der Waals surface area contributed by atoms with Crippen LogP contribution in [-0.2, 0) is 9.59 Å². The molecule has 1 aromatic rings. The molecule has 0 saturated heterocycles. The molecular weight excluding hydrogens is 270 g/mol. The molecule has 0 atom stereocenters. The minimum atomic E-state index is -1.03. The first-order chi connectivity index (χ1) is 9.04. The molecule has 0 aromatic heterocycles. The molecule has 0 radical (unpaired) electrons. The van der Waals surface area contributed by atoms with E-state index in [-0.39, 0.29) is 25.5 Å². The molecule has 1 N–H and O–H groups in total. The topological polar surface area (TPSA) is 66.8 Å². The predicted molar refractivity (Wildman–Crippen MR) is 71.5 cm³/mol. The third-order valence-corrected chi connectivity index (χ3v) is 2.78. The summed E-state index contributed by atoms with van der Waals surface area (Å²) in [6, 6.07) is 6.97. The highest BCUT2D eigenvalue weighted by atomic mass is 35.5. The number of halogens is 1. The summed E-state index contributed by atoms with van der Waals surface area (Å²) in [6.07, 6.45) is 0.117. The number of ether oxygens (including phenoxy) is 1. The number of hydrogen-bond acceptors (Lipinski definition) is 3. The summed E-state index contributed by atoms with van der Waals surface area (Å²) in [5.74, 6) is -0.766. The van der Waals surface area contributed by atoms with Crippen LogP contribution in [0.1, 0.15) is 13.3 Å². The number of nitrogens with zero attached hydrogens (tertiary/aromatic N) is 1. The Labute approximate surface area is 116 Å². The van der Waals surface area contributed by atoms with Crippen LogP contribution in [0.15, 0.2) is 24.3 Å². The Kier molecular flexibility index (Phi) is 6.15. The summed E-state index contributed by atoms with van der Waals surface area (Å²) >= 11 is 5.90. The van der Waals surface area contributed by atoms with E-state index < -0.39 is 5.97 Å². The van der Waals surface area contributed by atoms with E-state index in [0.29, 0.717) is 17.3 Å². The number of hydrogen-bond donors (Lipinski definition) is 1. The van der Waals surface area contributed by atoms with Crippen molar-refractivity contribution in [1.29, 1.82) is 0 Å². The monoisotopic (exact) mass is 285 g/mol. The number of carboxylic acid groups (broad SMARTS) is 1. The second-order valence-corrected chi connectivity index (χ2v) is 4.24. The molecule has 0 aliphatic carbocycles. The van der Waals surface area contributed by atoms with Gasteiger partial charge in [-0.15, -0.1) is 0 Å². The molecule has 0 bridgehead atoms. The number of carbonyl (C=O) groups excluding carboxylic acids is 1. The van der Waals surface area contributed by atoms with Gasteiger partial charge in [-0.05, 0) is 19.1 Å². The molecule has 0 aliphatic heterocycles. The lowest BCUT2D eigenvalue weighted by atomic mass is 10.3. The highest BCUT2D eigenvalue weighted by Crippen LogP contribution is 2.23. The molecular formula is C13H16ClNO4. The van der Waals surface area contributed by atoms with Crippen molar-refractivity contribution >= 4 is 23.5 Å². The summed E-state index contributed by atoms with van der Waals surface area (Å²) in [6.45, 7) is 1.97. The lowest BCUT2D eigenvalue weighted by Crippen LogP contribution is -2.36. The SMILES string of the molecule is CCN(CC(=O)O)C(=O)CCOc1ccccc1Cl. The Balaban J connectivity index is 2.42. The summed E-state index contributed by atoms with van der Waals surface area (Å²) < 4.78 is 5.38. The number of para-hydroxylation sites is 1. The van der Waals surface area contributed by atoms with Crippen molar-refractivity contribution in [3.63, 3.8) is 0 Å². The second-order valence-electron chi connectivity index (χ2n) is 3.83. The fraction of sp³-hybridized carbons (Fsp3) is 0.385. The number of carboxylic acids is 1. The largest absolute Gasteiger partial charge is 0.491 e. The van der Waals surface area contributed by atoms with Crippen molar-refractivity contribution in [3.8, 4) is 5.75 Å². The number of likely N-dealkylation sites (N-methyl/N-ethyl adjacent to an activating group) is 1. The maximum absolute atomic E-state index is 11.7. The maximum Gasteiger partial charge on any atom is 0.323 e. The average Bonchev–Trinajstić information content (AvgIpc) is 2.37. The molecule has 19 heavy (non-hydrogen) atoms. The van der Waals surface area contributed by atoms with Gasteiger partial charge in [0, 0.05) is 6.54 Å². The normalized spacial score (nSPS) is 10.0. The number of rotatable bonds is 7. The van der Waals surface area contributed by atoms with Gasteiger partial charge in [0.15, 0.2) is 0 Å². The third-order valence-electron chi connectivity index (χ3n) is 2.47. The minimum Gasteiger partial charge on any atom is -0.491 e. The highest BCUT2D eigenvalue weighted by molar-refractivity contribution is 6.32. The molecule has 0 heterocycles. The van der Waals surface area contributed by atoms with Crippen LogP contribution in [0.2, 0.25) is 5.02 Å². The molecule has 0 spiro atoms. The van der Waals surface area contributed by atoms with Crippen molar-refractivity contribution in [2.45, 2.75) is 13.3 Å². The zero-order chi connectivity index (χ0) is 14.3. The Morgan fingerprint density at radius 3 is 2.63 bits per heavy atom. The Morgan fingerprint density at radius 1 is 1.37 bits per heavy atom. The molecule has 1 rings (SSSR count). The number of benzene rings is 1. The molecule has 0 fully saturated rings. The van der Waals surface area contributed by atoms with Crippen LogP contribution in [0.25, 0.3) is 0 Å². The van der Waals surface area contributed by atoms with Crippen molar-refractivity contribution in [1.82, 2.24) is 4.90 Å². The summed E-state index contributed by atoms with van der Waals surface area (Å²) in [5.41, 5.74) is 0. The quantitative estimate of drug-likeness (QED) is 0.832. The smallest absolute Gasteiger partial charge is 0.323 e. The predicted octanol–water partition coefficient (Wildman–Crippen LogP) is 2.04. The van der Waals surface area contributed by atoms with Crippen LogP contribution in [0, 0.1) is 0 Å². The van der Waals surface area contributed by atoms with Crippen molar-refractivity contribution in [3.05, 3.63) is 29.3 Å². The molecule has 1 aromatic carbocycles. The van der Waals surface area contributed by atoms with Gasteiger partial charge in [0.2, 0.25) is 5.91 Å². The number of carbonyl (C=O) groups is 2. The fourth-order valence-electron chi connectivity index (χ4n) is 1.51. The molecule has 1 amide bonds. The second kappa shape index (κ2) is 7.63. The van der Waals surface area contributed by atoms with E-state index in [0.717, 1.165) is 0 Å². The molecule has 0 unspecified atom stereocenters. The summed E-state index contributed by atoms with van der Waals surface area (Å²) in [4.78, 5) is 23.6. The van der Waals surface area contributed by atoms with Crippen LogP contribution in [0.3, 0.4) is 0 Å². The summed E-state index contributed by atoms with van der Waals surface area (Å²) in [5, 5.41) is 9.14. The molecule has 0 aliphatic rings. The van der Waals surface area contributed by atoms with E-state index in [9.17, 15) is 9.59 Å². The van der Waals surface area contributed by atoms with Crippen molar-refractivity contribution in [2.75, 3.05) is 19.7 Å². The zero-order valence-corrected chi connectivity index (χ0v) is 11.4. The van der Waals surface area contributed by atoms with Gasteiger partial charge in [-0.2, -0.15) is 0 Å². The first-order valence-electron chi connectivity index (χ1n) is 5.91. The summed E-state index contributed by atoms with van der Waals surface area (Å²) in [7, 11) is 0. The zero-order valence-electron chi connectivity index (χ0n) is 10.6. The van der Waals surface area contributed by atoms with Gasteiger partial charge in [0.05, 0.1) is 18.1 Å². The van der Waals surface area contributed by atoms with Gasteiger partial charge in [-0.25, -0.2) is 0 Å². The van der Waals surface area contributed by atoms with E-state index in [2.05, 4.69) is 0 Å². The van der Waals surface area contributed by atoms with Crippen LogP contribution < -0.4 is 4.74 Å². The Hall–Kier alpha value is -1.75. The van der Waals surface area contributed by atoms with Crippen LogP contribution in [0.4, 0.5) is 0 Å². The van der Waals surface area contributed by atoms with Gasteiger partial charge in [-0.1, -0.05) is 23.7 Å². The average molecular weight is 286 g/mol. The first-order valence-corrected chi connectivity index (χ1v) is 6.29. The minimum absolute atomic E-state index is 0.117. The van der Waals surface area contributed by atoms with Crippen molar-refractivity contribution in [2.24, 2.45) is 0 Å². The van der Waals surface area contributed by atoms with Gasteiger partial charge in [-0.3, -0.25) is 9.59 Å². The van der Waals surface area contributed by atoms with Crippen LogP contribution in [-0.4, -0.2) is 41.6 Å². The van der Waals surface area contributed by atoms with E-state index in [4.69, 9.17) is 21.4 Å². The Bertz CT molecular complexity index is 450. The molecule has 6 heteroatoms. The van der Waals surface area contributed by atoms with E-state index in [1.807, 2.05) is 0 Å². The maximum atomic E-state index is 11.7. The molecule has 104 valence electrons. The lowest BCUT2D eigenvalue weighted by Gasteiger charge is -2.18. The lowest BCUT2D eigenvalue weighted by molar-refractivity contribution is -0.144. The third kappa shape index (κ3) is 5.18. The van der Waals surface area contributed by atoms with Crippen LogP contribution >= 0.6 is 11.6 Å². The highest BCUT2D eigenvalue weighted by Gasteiger charge is 2.14. The van der Waals surface area contributed by atoms with Crippen LogP contribution in [0.5, 0.6) is 5.75 Å². The van der Waals surface area contributed by atoms with E-state index >= 15 is 0 Å². The fourth-order valence-corrected chi connectivity index (χ4v) is 1.70. The van der Waals surface area contributed by atoms with Gasteiger partial charge in [0.1, 0.15) is 12.3 Å². The Morgan fingerprint density at radius 2 is 2.05 bits per heavy atom. The van der Waals surface area contributed by atoms with Gasteiger partial charge in [0.25, 0.3) is 0 Å². The molecule has 0 saturated carbocycles. The number of aliphatic carboxylic acids is 1. The van der Waals surface area contributed by atoms with E-state index in [1.165, 1.54) is 4.90 Å². The first kappa shape index (κ1) is 15.3. The standard InChI is InChI=1S/C13H16ClNO4/c1-2-15(9-13(17)18)12(16)7-8-19-11-6-4-3-5-10(11)14/h3-6H,2,7-9H2,1H3,(H,17,18). The van der Waals surface area contributed by atoms with Crippen molar-refractivity contribution < 1.29 is 19.4 Å². The number of amides is 1. The van der Waals surface area contributed by atoms with E-state index in [1.54, 1.807) is 31.2 Å². The molecule has 5 nitrogen and oxygen atoms in total. The van der Waals surface area contributed by atoms with Gasteiger partial charge < -0.3 is 14.7 Å².